The molecule has 2 aromatic rings. The summed E-state index contributed by atoms with van der Waals surface area (Å²) >= 11 is 0. The predicted octanol–water partition coefficient (Wildman–Crippen LogP) is 1.39. The van der Waals surface area contributed by atoms with Crippen molar-refractivity contribution in [2.75, 3.05) is 5.43 Å². The standard InChI is InChI=1S/C11H8N6/c1-17-7-8-2-3-9(4-11(8)16-17)14-15-10(5-12)6-13/h2-4,7,14H,1H3. The minimum Gasteiger partial charge on any atom is -0.276 e. The average molecular weight is 224 g/mol. The van der Waals surface area contributed by atoms with Crippen LogP contribution in [0.3, 0.4) is 0 Å². The van der Waals surface area contributed by atoms with Gasteiger partial charge in [-0.25, -0.2) is 0 Å². The number of hydrogen-bond acceptors (Lipinski definition) is 5. The lowest BCUT2D eigenvalue weighted by Gasteiger charge is -1.98. The molecule has 0 aliphatic carbocycles. The third-order valence-corrected chi connectivity index (χ3v) is 2.13. The molecule has 0 unspecified atom stereocenters. The molecule has 1 aromatic carbocycles. The Bertz CT molecular complexity index is 651. The maximum Gasteiger partial charge on any atom is 0.237 e. The van der Waals surface area contributed by atoms with Crippen LogP contribution in [0.5, 0.6) is 0 Å². The quantitative estimate of drug-likeness (QED) is 0.616. The van der Waals surface area contributed by atoms with E-state index in [0.29, 0.717) is 5.69 Å². The Morgan fingerprint density at radius 3 is 2.88 bits per heavy atom. The normalized spacial score (nSPS) is 9.35. The van der Waals surface area contributed by atoms with Gasteiger partial charge in [-0.1, -0.05) is 0 Å². The molecule has 0 atom stereocenters. The van der Waals surface area contributed by atoms with Crippen LogP contribution in [0.4, 0.5) is 5.69 Å². The van der Waals surface area contributed by atoms with Crippen LogP contribution in [0.25, 0.3) is 10.9 Å². The van der Waals surface area contributed by atoms with Crippen molar-refractivity contribution in [3.8, 4) is 12.1 Å². The van der Waals surface area contributed by atoms with Gasteiger partial charge in [-0.2, -0.15) is 20.7 Å². The summed E-state index contributed by atoms with van der Waals surface area (Å²) in [5.74, 6) is 0. The first-order valence-electron chi connectivity index (χ1n) is 4.80. The van der Waals surface area contributed by atoms with Crippen molar-refractivity contribution in [3.63, 3.8) is 0 Å². The highest BCUT2D eigenvalue weighted by Gasteiger charge is 2.00. The van der Waals surface area contributed by atoms with Crippen molar-refractivity contribution < 1.29 is 0 Å². The molecule has 0 bridgehead atoms. The van der Waals surface area contributed by atoms with Gasteiger partial charge in [0, 0.05) is 18.6 Å². The van der Waals surface area contributed by atoms with Crippen LogP contribution in [0, 0.1) is 22.7 Å². The van der Waals surface area contributed by atoms with Crippen molar-refractivity contribution in [2.45, 2.75) is 0 Å². The lowest BCUT2D eigenvalue weighted by atomic mass is 10.2. The second-order valence-corrected chi connectivity index (χ2v) is 3.37. The van der Waals surface area contributed by atoms with E-state index in [2.05, 4.69) is 15.6 Å². The Kier molecular flexibility index (Phi) is 2.71. The molecule has 0 fully saturated rings. The molecule has 82 valence electrons. The fourth-order valence-corrected chi connectivity index (χ4v) is 1.40. The molecule has 2 rings (SSSR count). The van der Waals surface area contributed by atoms with Crippen LogP contribution in [0.1, 0.15) is 0 Å². The largest absolute Gasteiger partial charge is 0.276 e. The zero-order chi connectivity index (χ0) is 12.3. The highest BCUT2D eigenvalue weighted by molar-refractivity contribution is 6.10. The third-order valence-electron chi connectivity index (χ3n) is 2.13. The zero-order valence-electron chi connectivity index (χ0n) is 9.05. The van der Waals surface area contributed by atoms with E-state index in [0.717, 1.165) is 10.9 Å². The Morgan fingerprint density at radius 1 is 1.41 bits per heavy atom. The van der Waals surface area contributed by atoms with E-state index in [-0.39, 0.29) is 5.71 Å². The van der Waals surface area contributed by atoms with Gasteiger partial charge in [0.2, 0.25) is 5.71 Å². The number of fused-ring (bicyclic) bond motifs is 1. The van der Waals surface area contributed by atoms with Crippen molar-refractivity contribution in [1.82, 2.24) is 9.78 Å². The van der Waals surface area contributed by atoms with E-state index < -0.39 is 0 Å². The molecule has 0 radical (unpaired) electrons. The number of hydrazone groups is 1. The number of hydrogen-bond donors (Lipinski definition) is 1. The maximum absolute atomic E-state index is 8.52. The summed E-state index contributed by atoms with van der Waals surface area (Å²) in [4.78, 5) is 0. The molecule has 6 heteroatoms. The first kappa shape index (κ1) is 10.7. The van der Waals surface area contributed by atoms with Crippen LogP contribution in [-0.2, 0) is 7.05 Å². The second-order valence-electron chi connectivity index (χ2n) is 3.37. The van der Waals surface area contributed by atoms with Gasteiger partial charge in [-0.15, -0.1) is 0 Å². The fraction of sp³-hybridized carbons (Fsp3) is 0.0909. The highest BCUT2D eigenvalue weighted by atomic mass is 15.3. The molecule has 0 aliphatic rings. The van der Waals surface area contributed by atoms with Gasteiger partial charge in [-0.3, -0.25) is 10.1 Å². The van der Waals surface area contributed by atoms with Gasteiger partial charge in [0.1, 0.15) is 12.1 Å². The summed E-state index contributed by atoms with van der Waals surface area (Å²) in [6.07, 6.45) is 1.90. The Labute approximate surface area is 97.4 Å². The van der Waals surface area contributed by atoms with Crippen LogP contribution in [-0.4, -0.2) is 15.5 Å². The van der Waals surface area contributed by atoms with Gasteiger partial charge >= 0.3 is 0 Å². The molecular formula is C11H8N6. The first-order valence-corrected chi connectivity index (χ1v) is 4.80. The Morgan fingerprint density at radius 2 is 2.18 bits per heavy atom. The van der Waals surface area contributed by atoms with Gasteiger partial charge in [0.15, 0.2) is 0 Å². The second kappa shape index (κ2) is 4.33. The van der Waals surface area contributed by atoms with Gasteiger partial charge in [0.05, 0.1) is 11.2 Å². The highest BCUT2D eigenvalue weighted by Crippen LogP contribution is 2.17. The maximum atomic E-state index is 8.52. The predicted molar refractivity (Wildman–Crippen MR) is 63.0 cm³/mol. The minimum absolute atomic E-state index is 0.217. The number of aryl methyl sites for hydroxylation is 1. The number of nitrogens with zero attached hydrogens (tertiary/aromatic N) is 5. The van der Waals surface area contributed by atoms with E-state index in [1.807, 2.05) is 19.3 Å². The minimum atomic E-state index is -0.217. The lowest BCUT2D eigenvalue weighted by Crippen LogP contribution is -1.96. The molecule has 6 nitrogen and oxygen atoms in total. The number of anilines is 1. The van der Waals surface area contributed by atoms with E-state index in [1.54, 1.807) is 29.0 Å². The average Bonchev–Trinajstić information content (AvgIpc) is 2.69. The summed E-state index contributed by atoms with van der Waals surface area (Å²) in [6.45, 7) is 0. The summed E-state index contributed by atoms with van der Waals surface area (Å²) in [6, 6.07) is 8.83. The number of nitrogens with one attached hydrogen (secondary N) is 1. The van der Waals surface area contributed by atoms with E-state index >= 15 is 0 Å². The van der Waals surface area contributed by atoms with Crippen LogP contribution >= 0.6 is 0 Å². The first-order chi connectivity index (χ1) is 8.22. The summed E-state index contributed by atoms with van der Waals surface area (Å²) in [5, 5.41) is 26.0. The fourth-order valence-electron chi connectivity index (χ4n) is 1.40. The summed E-state index contributed by atoms with van der Waals surface area (Å²) < 4.78 is 1.72. The van der Waals surface area contributed by atoms with Gasteiger partial charge in [-0.05, 0) is 18.2 Å². The molecule has 1 heterocycles. The molecule has 1 N–H and O–H groups in total. The monoisotopic (exact) mass is 224 g/mol. The molecule has 0 aliphatic heterocycles. The summed E-state index contributed by atoms with van der Waals surface area (Å²) in [5.41, 5.74) is 3.93. The number of benzene rings is 1. The molecule has 17 heavy (non-hydrogen) atoms. The third kappa shape index (κ3) is 2.21. The van der Waals surface area contributed by atoms with E-state index in [9.17, 15) is 0 Å². The Hall–Kier alpha value is -2.86. The molecule has 0 amide bonds. The van der Waals surface area contributed by atoms with Crippen LogP contribution in [0.15, 0.2) is 29.5 Å². The van der Waals surface area contributed by atoms with E-state index in [1.165, 1.54) is 0 Å². The van der Waals surface area contributed by atoms with E-state index in [4.69, 9.17) is 10.5 Å². The smallest absolute Gasteiger partial charge is 0.237 e. The van der Waals surface area contributed by atoms with Gasteiger partial charge in [0.25, 0.3) is 0 Å². The molecule has 1 aromatic heterocycles. The Balaban J connectivity index is 2.29. The van der Waals surface area contributed by atoms with Crippen molar-refractivity contribution in [2.24, 2.45) is 12.1 Å². The topological polar surface area (TPSA) is 89.8 Å². The van der Waals surface area contributed by atoms with Gasteiger partial charge < -0.3 is 0 Å². The number of nitriles is 2. The number of aromatic nitrogens is 2. The van der Waals surface area contributed by atoms with Crippen LogP contribution < -0.4 is 5.43 Å². The summed E-state index contributed by atoms with van der Waals surface area (Å²) in [7, 11) is 1.84. The molecule has 0 saturated heterocycles. The van der Waals surface area contributed by atoms with Crippen LogP contribution in [0.2, 0.25) is 0 Å². The van der Waals surface area contributed by atoms with Crippen molar-refractivity contribution in [1.29, 1.82) is 10.5 Å². The number of rotatable bonds is 2. The zero-order valence-corrected chi connectivity index (χ0v) is 9.05. The SMILES string of the molecule is Cn1cc2ccc(NN=C(C#N)C#N)cc2n1. The van der Waals surface area contributed by atoms with Crippen molar-refractivity contribution >= 4 is 22.3 Å². The van der Waals surface area contributed by atoms with Crippen molar-refractivity contribution in [3.05, 3.63) is 24.4 Å². The lowest BCUT2D eigenvalue weighted by molar-refractivity contribution is 0.780. The molecular weight excluding hydrogens is 216 g/mol. The molecule has 0 saturated carbocycles. The molecule has 0 spiro atoms.